The van der Waals surface area contributed by atoms with E-state index in [0.29, 0.717) is 12.2 Å². The second-order valence-corrected chi connectivity index (χ2v) is 7.20. The third-order valence-electron chi connectivity index (χ3n) is 4.95. The lowest BCUT2D eigenvalue weighted by Gasteiger charge is -2.32. The minimum atomic E-state index is -0.305. The molecule has 3 rings (SSSR count). The summed E-state index contributed by atoms with van der Waals surface area (Å²) in [6, 6.07) is 17.5. The zero-order valence-electron chi connectivity index (χ0n) is 15.8. The molecule has 0 unspecified atom stereocenters. The lowest BCUT2D eigenvalue weighted by molar-refractivity contribution is -0.126. The average molecular weight is 365 g/mol. The molecular formula is C22H27N3O2. The van der Waals surface area contributed by atoms with Gasteiger partial charge in [0.1, 0.15) is 6.42 Å². The molecule has 2 N–H and O–H groups in total. The first-order valence-corrected chi connectivity index (χ1v) is 9.55. The molecule has 0 spiro atoms. The van der Waals surface area contributed by atoms with E-state index in [2.05, 4.69) is 22.5 Å². The molecule has 0 bridgehead atoms. The fourth-order valence-corrected chi connectivity index (χ4v) is 3.23. The normalized spacial score (nSPS) is 14.6. The summed E-state index contributed by atoms with van der Waals surface area (Å²) in [5, 5.41) is 5.55. The zero-order valence-corrected chi connectivity index (χ0v) is 15.8. The van der Waals surface area contributed by atoms with Crippen LogP contribution in [0.4, 0.5) is 11.4 Å². The standard InChI is InChI=1S/C22H27N3O2/c1-17-11-13-25(14-12-17)20-9-7-19(8-10-20)24-22(27)15-21(26)23-16-18-5-3-2-4-6-18/h2-10,17H,11-16H2,1H3,(H,23,26)(H,24,27). The van der Waals surface area contributed by atoms with Crippen molar-refractivity contribution in [3.63, 3.8) is 0 Å². The van der Waals surface area contributed by atoms with E-state index in [1.54, 1.807) is 0 Å². The summed E-state index contributed by atoms with van der Waals surface area (Å²) in [7, 11) is 0. The number of nitrogens with one attached hydrogen (secondary N) is 2. The molecule has 0 radical (unpaired) electrons. The largest absolute Gasteiger partial charge is 0.372 e. The number of hydrogen-bond acceptors (Lipinski definition) is 3. The molecule has 2 aromatic carbocycles. The van der Waals surface area contributed by atoms with Gasteiger partial charge in [0, 0.05) is 31.0 Å². The summed E-state index contributed by atoms with van der Waals surface area (Å²) in [5.41, 5.74) is 2.90. The van der Waals surface area contributed by atoms with Crippen molar-refractivity contribution >= 4 is 23.2 Å². The molecule has 1 saturated heterocycles. The van der Waals surface area contributed by atoms with Crippen LogP contribution in [0.3, 0.4) is 0 Å². The summed E-state index contributed by atoms with van der Waals surface area (Å²) in [6.45, 7) is 4.88. The van der Waals surface area contributed by atoms with Crippen molar-refractivity contribution < 1.29 is 9.59 Å². The average Bonchev–Trinajstić information content (AvgIpc) is 2.68. The fourth-order valence-electron chi connectivity index (χ4n) is 3.23. The molecule has 1 aliphatic heterocycles. The Kier molecular flexibility index (Phi) is 6.47. The Labute approximate surface area is 160 Å². The van der Waals surface area contributed by atoms with Crippen LogP contribution in [0.2, 0.25) is 0 Å². The van der Waals surface area contributed by atoms with Gasteiger partial charge in [-0.1, -0.05) is 37.3 Å². The van der Waals surface area contributed by atoms with Gasteiger partial charge in [-0.05, 0) is 48.6 Å². The van der Waals surface area contributed by atoms with Crippen LogP contribution >= 0.6 is 0 Å². The maximum absolute atomic E-state index is 12.1. The minimum absolute atomic E-state index is 0.182. The highest BCUT2D eigenvalue weighted by atomic mass is 16.2. The van der Waals surface area contributed by atoms with Gasteiger partial charge in [-0.2, -0.15) is 0 Å². The molecule has 0 saturated carbocycles. The number of anilines is 2. The Morgan fingerprint density at radius 2 is 1.63 bits per heavy atom. The van der Waals surface area contributed by atoms with Crippen molar-refractivity contribution in [3.05, 3.63) is 60.2 Å². The number of carbonyl (C=O) groups excluding carboxylic acids is 2. The lowest BCUT2D eigenvalue weighted by Crippen LogP contribution is -2.32. The van der Waals surface area contributed by atoms with Crippen LogP contribution in [0.15, 0.2) is 54.6 Å². The van der Waals surface area contributed by atoms with Gasteiger partial charge in [-0.25, -0.2) is 0 Å². The third kappa shape index (κ3) is 5.84. The van der Waals surface area contributed by atoms with Crippen LogP contribution in [0.1, 0.15) is 31.7 Å². The predicted octanol–water partition coefficient (Wildman–Crippen LogP) is 3.57. The van der Waals surface area contributed by atoms with Crippen LogP contribution in [0, 0.1) is 5.92 Å². The van der Waals surface area contributed by atoms with E-state index in [1.807, 2.05) is 54.6 Å². The molecule has 2 amide bonds. The monoisotopic (exact) mass is 365 g/mol. The van der Waals surface area contributed by atoms with E-state index in [0.717, 1.165) is 24.6 Å². The van der Waals surface area contributed by atoms with Crippen LogP contribution in [0.25, 0.3) is 0 Å². The number of carbonyl (C=O) groups is 2. The van der Waals surface area contributed by atoms with Gasteiger partial charge in [0.25, 0.3) is 0 Å². The summed E-state index contributed by atoms with van der Waals surface area (Å²) in [4.78, 5) is 26.4. The highest BCUT2D eigenvalue weighted by molar-refractivity contribution is 6.03. The van der Waals surface area contributed by atoms with Crippen LogP contribution in [-0.2, 0) is 16.1 Å². The maximum Gasteiger partial charge on any atom is 0.233 e. The molecule has 5 heteroatoms. The number of amides is 2. The van der Waals surface area contributed by atoms with Crippen LogP contribution in [-0.4, -0.2) is 24.9 Å². The van der Waals surface area contributed by atoms with Gasteiger partial charge in [0.05, 0.1) is 0 Å². The van der Waals surface area contributed by atoms with Gasteiger partial charge in [-0.3, -0.25) is 9.59 Å². The summed E-state index contributed by atoms with van der Waals surface area (Å²) >= 11 is 0. The van der Waals surface area contributed by atoms with Crippen molar-refractivity contribution in [2.45, 2.75) is 32.7 Å². The molecule has 2 aromatic rings. The molecule has 1 aliphatic rings. The number of hydrogen-bond donors (Lipinski definition) is 2. The van der Waals surface area contributed by atoms with Gasteiger partial charge in [0.15, 0.2) is 0 Å². The van der Waals surface area contributed by atoms with Crippen molar-refractivity contribution in [1.82, 2.24) is 5.32 Å². The van der Waals surface area contributed by atoms with Gasteiger partial charge >= 0.3 is 0 Å². The van der Waals surface area contributed by atoms with E-state index in [-0.39, 0.29) is 18.2 Å². The quantitative estimate of drug-likeness (QED) is 0.770. The Hall–Kier alpha value is -2.82. The Bertz CT molecular complexity index is 751. The second kappa shape index (κ2) is 9.21. The molecule has 1 heterocycles. The number of piperidine rings is 1. The molecule has 142 valence electrons. The minimum Gasteiger partial charge on any atom is -0.372 e. The number of benzene rings is 2. The molecule has 1 fully saturated rings. The summed E-state index contributed by atoms with van der Waals surface area (Å²) < 4.78 is 0. The van der Waals surface area contributed by atoms with E-state index in [9.17, 15) is 9.59 Å². The first-order chi connectivity index (χ1) is 13.1. The van der Waals surface area contributed by atoms with Crippen molar-refractivity contribution in [1.29, 1.82) is 0 Å². The Morgan fingerprint density at radius 3 is 2.30 bits per heavy atom. The highest BCUT2D eigenvalue weighted by Gasteiger charge is 2.16. The molecule has 0 aromatic heterocycles. The van der Waals surface area contributed by atoms with Crippen LogP contribution < -0.4 is 15.5 Å². The second-order valence-electron chi connectivity index (χ2n) is 7.20. The van der Waals surface area contributed by atoms with Gasteiger partial charge in [0.2, 0.25) is 11.8 Å². The molecular weight excluding hydrogens is 338 g/mol. The van der Waals surface area contributed by atoms with Crippen molar-refractivity contribution in [2.75, 3.05) is 23.3 Å². The molecule has 5 nitrogen and oxygen atoms in total. The summed E-state index contributed by atoms with van der Waals surface area (Å²) in [5.74, 6) is 0.211. The molecule has 27 heavy (non-hydrogen) atoms. The number of rotatable bonds is 6. The number of nitrogens with zero attached hydrogens (tertiary/aromatic N) is 1. The third-order valence-corrected chi connectivity index (χ3v) is 4.95. The molecule has 0 aliphatic carbocycles. The SMILES string of the molecule is CC1CCN(c2ccc(NC(=O)CC(=O)NCc3ccccc3)cc2)CC1. The van der Waals surface area contributed by atoms with E-state index < -0.39 is 0 Å². The first-order valence-electron chi connectivity index (χ1n) is 9.55. The smallest absolute Gasteiger partial charge is 0.233 e. The highest BCUT2D eigenvalue weighted by Crippen LogP contribution is 2.24. The van der Waals surface area contributed by atoms with E-state index in [1.165, 1.54) is 18.5 Å². The Morgan fingerprint density at radius 1 is 0.963 bits per heavy atom. The zero-order chi connectivity index (χ0) is 19.1. The first kappa shape index (κ1) is 19.0. The van der Waals surface area contributed by atoms with Crippen molar-refractivity contribution in [2.24, 2.45) is 5.92 Å². The topological polar surface area (TPSA) is 61.4 Å². The molecule has 0 atom stereocenters. The van der Waals surface area contributed by atoms with Crippen LogP contribution in [0.5, 0.6) is 0 Å². The predicted molar refractivity (Wildman–Crippen MR) is 109 cm³/mol. The van der Waals surface area contributed by atoms with Gasteiger partial charge in [-0.15, -0.1) is 0 Å². The van der Waals surface area contributed by atoms with Gasteiger partial charge < -0.3 is 15.5 Å². The van der Waals surface area contributed by atoms with E-state index >= 15 is 0 Å². The maximum atomic E-state index is 12.1. The lowest BCUT2D eigenvalue weighted by atomic mass is 9.99. The fraction of sp³-hybridized carbons (Fsp3) is 0.364. The van der Waals surface area contributed by atoms with Crippen molar-refractivity contribution in [3.8, 4) is 0 Å². The summed E-state index contributed by atoms with van der Waals surface area (Å²) in [6.07, 6.45) is 2.26. The Balaban J connectivity index is 1.44. The van der Waals surface area contributed by atoms with E-state index in [4.69, 9.17) is 0 Å².